The minimum absolute atomic E-state index is 0.543. The summed E-state index contributed by atoms with van der Waals surface area (Å²) in [6.07, 6.45) is 18.3. The third kappa shape index (κ3) is 11.7. The Hall–Kier alpha value is 0.177. The SMILES string of the molecule is CCCCCCCCCCC(CC)O[Si](CCC)(CCC)CCC. The van der Waals surface area contributed by atoms with E-state index in [-0.39, 0.29) is 0 Å². The summed E-state index contributed by atoms with van der Waals surface area (Å²) in [6, 6.07) is 4.13. The van der Waals surface area contributed by atoms with Crippen molar-refractivity contribution < 1.29 is 4.43 Å². The molecule has 0 aliphatic carbocycles. The minimum atomic E-state index is -1.47. The lowest BCUT2D eigenvalue weighted by molar-refractivity contribution is 0.166. The van der Waals surface area contributed by atoms with Gasteiger partial charge in [0.05, 0.1) is 0 Å². The molecule has 0 aromatic rings. The molecule has 24 heavy (non-hydrogen) atoms. The smallest absolute Gasteiger partial charge is 0.193 e. The van der Waals surface area contributed by atoms with Crippen molar-refractivity contribution >= 4 is 8.32 Å². The molecule has 0 radical (unpaired) electrons. The van der Waals surface area contributed by atoms with Gasteiger partial charge in [0, 0.05) is 6.10 Å². The van der Waals surface area contributed by atoms with Gasteiger partial charge in [-0.2, -0.15) is 0 Å². The average Bonchev–Trinajstić information content (AvgIpc) is 2.57. The fourth-order valence-electron chi connectivity index (χ4n) is 4.12. The van der Waals surface area contributed by atoms with E-state index in [1.54, 1.807) is 0 Å². The Morgan fingerprint density at radius 2 is 1.04 bits per heavy atom. The first-order valence-electron chi connectivity index (χ1n) is 11.4. The van der Waals surface area contributed by atoms with Crippen LogP contribution in [-0.4, -0.2) is 14.4 Å². The van der Waals surface area contributed by atoms with Gasteiger partial charge < -0.3 is 4.43 Å². The predicted octanol–water partition coefficient (Wildman–Crippen LogP) is 8.49. The van der Waals surface area contributed by atoms with Gasteiger partial charge >= 0.3 is 0 Å². The summed E-state index contributed by atoms with van der Waals surface area (Å²) >= 11 is 0. The number of rotatable bonds is 18. The van der Waals surface area contributed by atoms with Crippen LogP contribution in [0.2, 0.25) is 18.1 Å². The summed E-state index contributed by atoms with van der Waals surface area (Å²) < 4.78 is 6.91. The van der Waals surface area contributed by atoms with Crippen LogP contribution in [0.15, 0.2) is 0 Å². The van der Waals surface area contributed by atoms with Crippen LogP contribution in [-0.2, 0) is 4.43 Å². The average molecular weight is 357 g/mol. The Labute approximate surface area is 155 Å². The zero-order chi connectivity index (χ0) is 18.1. The van der Waals surface area contributed by atoms with Gasteiger partial charge in [-0.3, -0.25) is 0 Å². The third-order valence-corrected chi connectivity index (χ3v) is 10.4. The topological polar surface area (TPSA) is 9.23 Å². The maximum Gasteiger partial charge on any atom is 0.193 e. The summed E-state index contributed by atoms with van der Waals surface area (Å²) in [5.41, 5.74) is 0. The zero-order valence-corrected chi connectivity index (χ0v) is 18.8. The van der Waals surface area contributed by atoms with Crippen molar-refractivity contribution in [2.24, 2.45) is 0 Å². The van der Waals surface area contributed by atoms with Gasteiger partial charge in [-0.15, -0.1) is 0 Å². The van der Waals surface area contributed by atoms with Crippen molar-refractivity contribution in [1.29, 1.82) is 0 Å². The highest BCUT2D eigenvalue weighted by Crippen LogP contribution is 2.30. The molecule has 0 aliphatic rings. The van der Waals surface area contributed by atoms with Gasteiger partial charge in [-0.25, -0.2) is 0 Å². The number of unbranched alkanes of at least 4 members (excludes halogenated alkanes) is 7. The maximum absolute atomic E-state index is 6.91. The van der Waals surface area contributed by atoms with Gasteiger partial charge in [-0.05, 0) is 31.0 Å². The van der Waals surface area contributed by atoms with Gasteiger partial charge in [0.2, 0.25) is 0 Å². The summed E-state index contributed by atoms with van der Waals surface area (Å²) in [4.78, 5) is 0. The second-order valence-corrected chi connectivity index (χ2v) is 11.9. The lowest BCUT2D eigenvalue weighted by Gasteiger charge is -2.35. The van der Waals surface area contributed by atoms with Crippen LogP contribution in [0.3, 0.4) is 0 Å². The highest BCUT2D eigenvalue weighted by molar-refractivity contribution is 6.73. The molecule has 0 aliphatic heterocycles. The molecular formula is C22H48OSi. The molecule has 146 valence electrons. The van der Waals surface area contributed by atoms with Crippen LogP contribution in [0.5, 0.6) is 0 Å². The fourth-order valence-corrected chi connectivity index (χ4v) is 8.95. The standard InChI is InChI=1S/C22H48OSi/c1-6-11-12-13-14-15-16-17-18-22(10-5)23-24(19-7-2,20-8-3)21-9-4/h22H,6-21H2,1-5H3. The van der Waals surface area contributed by atoms with Gasteiger partial charge in [0.15, 0.2) is 8.32 Å². The quantitative estimate of drug-likeness (QED) is 0.177. The summed E-state index contributed by atoms with van der Waals surface area (Å²) in [5.74, 6) is 0. The first kappa shape index (κ1) is 24.2. The molecule has 1 atom stereocenters. The van der Waals surface area contributed by atoms with Crippen molar-refractivity contribution in [2.75, 3.05) is 0 Å². The first-order valence-corrected chi connectivity index (χ1v) is 13.9. The van der Waals surface area contributed by atoms with Crippen molar-refractivity contribution in [2.45, 2.75) is 142 Å². The van der Waals surface area contributed by atoms with Crippen LogP contribution in [0.25, 0.3) is 0 Å². The van der Waals surface area contributed by atoms with Crippen molar-refractivity contribution in [3.63, 3.8) is 0 Å². The van der Waals surface area contributed by atoms with Crippen LogP contribution >= 0.6 is 0 Å². The molecule has 0 fully saturated rings. The van der Waals surface area contributed by atoms with Gasteiger partial charge in [0.1, 0.15) is 0 Å². The molecule has 0 aromatic carbocycles. The number of hydrogen-bond acceptors (Lipinski definition) is 1. The Bertz CT molecular complexity index is 237. The van der Waals surface area contributed by atoms with Crippen LogP contribution in [0.1, 0.15) is 118 Å². The van der Waals surface area contributed by atoms with E-state index in [0.29, 0.717) is 6.10 Å². The summed E-state index contributed by atoms with van der Waals surface area (Å²) in [5, 5.41) is 0. The molecule has 0 rings (SSSR count). The van der Waals surface area contributed by atoms with Crippen molar-refractivity contribution in [1.82, 2.24) is 0 Å². The molecule has 0 aromatic heterocycles. The second kappa shape index (κ2) is 16.6. The Kier molecular flexibility index (Phi) is 16.8. The normalized spacial score (nSPS) is 13.4. The Morgan fingerprint density at radius 1 is 0.583 bits per heavy atom. The van der Waals surface area contributed by atoms with E-state index >= 15 is 0 Å². The maximum atomic E-state index is 6.91. The molecule has 1 unspecified atom stereocenters. The van der Waals surface area contributed by atoms with Crippen molar-refractivity contribution in [3.05, 3.63) is 0 Å². The molecule has 0 spiro atoms. The van der Waals surface area contributed by atoms with Crippen molar-refractivity contribution in [3.8, 4) is 0 Å². The van der Waals surface area contributed by atoms with E-state index in [0.717, 1.165) is 0 Å². The van der Waals surface area contributed by atoms with E-state index in [9.17, 15) is 0 Å². The largest absolute Gasteiger partial charge is 0.414 e. The fraction of sp³-hybridized carbons (Fsp3) is 1.00. The Morgan fingerprint density at radius 3 is 1.46 bits per heavy atom. The van der Waals surface area contributed by atoms with Crippen LogP contribution < -0.4 is 0 Å². The van der Waals surface area contributed by atoms with E-state index in [4.69, 9.17) is 4.43 Å². The lowest BCUT2D eigenvalue weighted by atomic mass is 10.0. The minimum Gasteiger partial charge on any atom is -0.414 e. The summed E-state index contributed by atoms with van der Waals surface area (Å²) in [7, 11) is -1.47. The van der Waals surface area contributed by atoms with Gasteiger partial charge in [0.25, 0.3) is 0 Å². The van der Waals surface area contributed by atoms with E-state index in [1.807, 2.05) is 0 Å². The first-order chi connectivity index (χ1) is 11.7. The second-order valence-electron chi connectivity index (χ2n) is 7.84. The lowest BCUT2D eigenvalue weighted by Crippen LogP contribution is -2.41. The monoisotopic (exact) mass is 356 g/mol. The molecule has 0 amide bonds. The molecule has 0 heterocycles. The molecule has 0 N–H and O–H groups in total. The molecular weight excluding hydrogens is 308 g/mol. The van der Waals surface area contributed by atoms with Gasteiger partial charge in [-0.1, -0.05) is 105 Å². The van der Waals surface area contributed by atoms with E-state index < -0.39 is 8.32 Å². The number of hydrogen-bond donors (Lipinski definition) is 0. The highest BCUT2D eigenvalue weighted by Gasteiger charge is 2.34. The predicted molar refractivity (Wildman–Crippen MR) is 113 cm³/mol. The van der Waals surface area contributed by atoms with Crippen LogP contribution in [0.4, 0.5) is 0 Å². The molecule has 0 saturated heterocycles. The molecule has 0 bridgehead atoms. The van der Waals surface area contributed by atoms with Crippen LogP contribution in [0, 0.1) is 0 Å². The third-order valence-electron chi connectivity index (χ3n) is 5.37. The molecule has 1 nitrogen and oxygen atoms in total. The zero-order valence-electron chi connectivity index (χ0n) is 17.8. The summed E-state index contributed by atoms with van der Waals surface area (Å²) in [6.45, 7) is 11.7. The van der Waals surface area contributed by atoms with E-state index in [1.165, 1.54) is 102 Å². The highest BCUT2D eigenvalue weighted by atomic mass is 28.4. The molecule has 2 heteroatoms. The molecule has 0 saturated carbocycles. The Balaban J connectivity index is 4.15. The van der Waals surface area contributed by atoms with E-state index in [2.05, 4.69) is 34.6 Å².